The molecule has 2 atom stereocenters. The number of benzene rings is 1. The van der Waals surface area contributed by atoms with Crippen LogP contribution >= 0.6 is 23.2 Å². The molecule has 1 heterocycles. The first-order valence-electron chi connectivity index (χ1n) is 6.98. The van der Waals surface area contributed by atoms with E-state index < -0.39 is 0 Å². The summed E-state index contributed by atoms with van der Waals surface area (Å²) >= 11 is 12.1. The van der Waals surface area contributed by atoms with Crippen LogP contribution in [0.5, 0.6) is 0 Å². The lowest BCUT2D eigenvalue weighted by Gasteiger charge is -2.29. The molecule has 1 saturated heterocycles. The number of halogens is 2. The Morgan fingerprint density at radius 1 is 1.43 bits per heavy atom. The first kappa shape index (κ1) is 16.6. The summed E-state index contributed by atoms with van der Waals surface area (Å²) in [6, 6.07) is 5.57. The molecule has 1 aliphatic heterocycles. The first-order chi connectivity index (χ1) is 9.99. The number of carbonyl (C=O) groups excluding carboxylic acids is 1. The Labute approximate surface area is 135 Å². The van der Waals surface area contributed by atoms with E-state index in [0.717, 1.165) is 18.7 Å². The number of hydrogen-bond acceptors (Lipinski definition) is 3. The number of rotatable bonds is 3. The highest BCUT2D eigenvalue weighted by Gasteiger charge is 2.28. The number of hydrogen-bond donors (Lipinski definition) is 1. The van der Waals surface area contributed by atoms with Crippen molar-refractivity contribution in [2.75, 3.05) is 33.3 Å². The van der Waals surface area contributed by atoms with Gasteiger partial charge >= 0.3 is 0 Å². The van der Waals surface area contributed by atoms with E-state index in [1.807, 2.05) is 12.1 Å². The fourth-order valence-electron chi connectivity index (χ4n) is 2.49. The first-order valence-corrected chi connectivity index (χ1v) is 7.73. The maximum Gasteiger partial charge on any atom is 0.219 e. The Kier molecular flexibility index (Phi) is 5.88. The molecule has 4 nitrogen and oxygen atoms in total. The molecule has 1 amide bonds. The fraction of sp³-hybridized carbons (Fsp3) is 0.533. The van der Waals surface area contributed by atoms with E-state index in [1.54, 1.807) is 24.9 Å². The zero-order valence-corrected chi connectivity index (χ0v) is 13.7. The summed E-state index contributed by atoms with van der Waals surface area (Å²) < 4.78 is 5.97. The van der Waals surface area contributed by atoms with Gasteiger partial charge in [-0.05, 0) is 17.7 Å². The molecular weight excluding hydrogens is 311 g/mol. The number of nitrogens with zero attached hydrogens (tertiary/aromatic N) is 1. The van der Waals surface area contributed by atoms with Crippen LogP contribution in [0.1, 0.15) is 18.6 Å². The van der Waals surface area contributed by atoms with Crippen molar-refractivity contribution in [2.45, 2.75) is 13.0 Å². The smallest absolute Gasteiger partial charge is 0.219 e. The van der Waals surface area contributed by atoms with Crippen LogP contribution in [0.3, 0.4) is 0 Å². The van der Waals surface area contributed by atoms with E-state index in [9.17, 15) is 4.79 Å². The number of carbonyl (C=O) groups is 1. The molecule has 2 rings (SSSR count). The summed E-state index contributed by atoms with van der Waals surface area (Å²) in [5.41, 5.74) is 0.995. The van der Waals surface area contributed by atoms with Gasteiger partial charge in [0.15, 0.2) is 0 Å². The Bertz CT molecular complexity index is 510. The molecule has 0 bridgehead atoms. The van der Waals surface area contributed by atoms with Crippen LogP contribution < -0.4 is 5.32 Å². The third-order valence-corrected chi connectivity index (χ3v) is 4.47. The van der Waals surface area contributed by atoms with Crippen molar-refractivity contribution in [2.24, 2.45) is 5.92 Å². The van der Waals surface area contributed by atoms with Gasteiger partial charge in [-0.1, -0.05) is 29.3 Å². The molecule has 1 aromatic rings. The van der Waals surface area contributed by atoms with Crippen LogP contribution in [0.15, 0.2) is 18.2 Å². The van der Waals surface area contributed by atoms with Crippen molar-refractivity contribution < 1.29 is 9.53 Å². The highest BCUT2D eigenvalue weighted by molar-refractivity contribution is 6.42. The molecule has 1 aliphatic rings. The van der Waals surface area contributed by atoms with Gasteiger partial charge < -0.3 is 15.0 Å². The molecule has 1 N–H and O–H groups in total. The average Bonchev–Trinajstić information content (AvgIpc) is 2.67. The summed E-state index contributed by atoms with van der Waals surface area (Å²) in [4.78, 5) is 13.2. The Hall–Kier alpha value is -0.810. The average molecular weight is 331 g/mol. The summed E-state index contributed by atoms with van der Waals surface area (Å²) in [7, 11) is 1.80. The van der Waals surface area contributed by atoms with Gasteiger partial charge in [-0.3, -0.25) is 4.79 Å². The lowest BCUT2D eigenvalue weighted by Crippen LogP contribution is -2.36. The van der Waals surface area contributed by atoms with Crippen LogP contribution in [0.2, 0.25) is 10.0 Å². The summed E-state index contributed by atoms with van der Waals surface area (Å²) in [6.07, 6.45) is -0.100. The van der Waals surface area contributed by atoms with E-state index in [-0.39, 0.29) is 17.9 Å². The quantitative estimate of drug-likeness (QED) is 0.926. The zero-order valence-electron chi connectivity index (χ0n) is 12.2. The van der Waals surface area contributed by atoms with Gasteiger partial charge in [0.05, 0.1) is 22.8 Å². The molecule has 0 unspecified atom stereocenters. The standard InChI is InChI=1S/C15H20Cl2N2O2/c1-10(20)19(2)9-12-8-18-5-6-21-15(12)11-3-4-13(16)14(17)7-11/h3-4,7,12,15,18H,5-6,8-9H2,1-2H3/t12-,15-/m0/s1. The monoisotopic (exact) mass is 330 g/mol. The second-order valence-corrected chi connectivity index (χ2v) is 6.14. The maximum atomic E-state index is 11.5. The summed E-state index contributed by atoms with van der Waals surface area (Å²) in [5.74, 6) is 0.214. The number of amides is 1. The predicted molar refractivity (Wildman–Crippen MR) is 84.8 cm³/mol. The molecule has 1 aromatic carbocycles. The predicted octanol–water partition coefficient (Wildman–Crippen LogP) is 2.75. The minimum Gasteiger partial charge on any atom is -0.372 e. The van der Waals surface area contributed by atoms with Crippen molar-refractivity contribution in [1.82, 2.24) is 10.2 Å². The topological polar surface area (TPSA) is 41.6 Å². The summed E-state index contributed by atoms with van der Waals surface area (Å²) in [6.45, 7) is 4.43. The van der Waals surface area contributed by atoms with Crippen LogP contribution in [-0.4, -0.2) is 44.1 Å². The number of ether oxygens (including phenoxy) is 1. The highest BCUT2D eigenvalue weighted by Crippen LogP contribution is 2.32. The normalized spacial score (nSPS) is 22.7. The van der Waals surface area contributed by atoms with Gasteiger partial charge in [0.2, 0.25) is 5.91 Å². The van der Waals surface area contributed by atoms with Gasteiger partial charge in [0.25, 0.3) is 0 Å². The molecule has 21 heavy (non-hydrogen) atoms. The van der Waals surface area contributed by atoms with Gasteiger partial charge in [-0.2, -0.15) is 0 Å². The van der Waals surface area contributed by atoms with Crippen LogP contribution in [0, 0.1) is 5.92 Å². The third-order valence-electron chi connectivity index (χ3n) is 3.73. The highest BCUT2D eigenvalue weighted by atomic mass is 35.5. The lowest BCUT2D eigenvalue weighted by molar-refractivity contribution is -0.128. The van der Waals surface area contributed by atoms with Crippen molar-refractivity contribution in [1.29, 1.82) is 0 Å². The minimum absolute atomic E-state index is 0.0483. The van der Waals surface area contributed by atoms with Crippen LogP contribution in [0.25, 0.3) is 0 Å². The second kappa shape index (κ2) is 7.45. The van der Waals surface area contributed by atoms with Crippen LogP contribution in [-0.2, 0) is 9.53 Å². The molecule has 1 fully saturated rings. The van der Waals surface area contributed by atoms with E-state index in [2.05, 4.69) is 5.32 Å². The Morgan fingerprint density at radius 2 is 2.19 bits per heavy atom. The van der Waals surface area contributed by atoms with Gasteiger partial charge in [0, 0.05) is 39.5 Å². The molecule has 0 radical (unpaired) electrons. The zero-order chi connectivity index (χ0) is 15.4. The van der Waals surface area contributed by atoms with E-state index in [0.29, 0.717) is 23.2 Å². The van der Waals surface area contributed by atoms with E-state index in [1.165, 1.54) is 0 Å². The second-order valence-electron chi connectivity index (χ2n) is 5.33. The largest absolute Gasteiger partial charge is 0.372 e. The Morgan fingerprint density at radius 3 is 2.86 bits per heavy atom. The molecule has 6 heteroatoms. The molecule has 0 saturated carbocycles. The molecule has 116 valence electrons. The van der Waals surface area contributed by atoms with Crippen molar-refractivity contribution in [3.8, 4) is 0 Å². The van der Waals surface area contributed by atoms with Gasteiger partial charge in [0.1, 0.15) is 0 Å². The van der Waals surface area contributed by atoms with Gasteiger partial charge in [-0.15, -0.1) is 0 Å². The maximum absolute atomic E-state index is 11.5. The van der Waals surface area contributed by atoms with Crippen molar-refractivity contribution >= 4 is 29.1 Å². The fourth-order valence-corrected chi connectivity index (χ4v) is 2.79. The Balaban J connectivity index is 2.22. The number of nitrogens with one attached hydrogen (secondary N) is 1. The lowest BCUT2D eigenvalue weighted by atomic mass is 9.95. The van der Waals surface area contributed by atoms with E-state index in [4.69, 9.17) is 27.9 Å². The molecular formula is C15H20Cl2N2O2. The summed E-state index contributed by atoms with van der Waals surface area (Å²) in [5, 5.41) is 4.40. The van der Waals surface area contributed by atoms with Crippen LogP contribution in [0.4, 0.5) is 0 Å². The van der Waals surface area contributed by atoms with Crippen molar-refractivity contribution in [3.05, 3.63) is 33.8 Å². The van der Waals surface area contributed by atoms with Crippen molar-refractivity contribution in [3.63, 3.8) is 0 Å². The van der Waals surface area contributed by atoms with E-state index >= 15 is 0 Å². The third kappa shape index (κ3) is 4.33. The molecule has 0 aromatic heterocycles. The molecule has 0 aliphatic carbocycles. The minimum atomic E-state index is -0.100. The SMILES string of the molecule is CC(=O)N(C)C[C@@H]1CNCCO[C@H]1c1ccc(Cl)c(Cl)c1. The molecule has 0 spiro atoms. The van der Waals surface area contributed by atoms with Gasteiger partial charge in [-0.25, -0.2) is 0 Å².